The van der Waals surface area contributed by atoms with Gasteiger partial charge in [0.1, 0.15) is 19.0 Å². The monoisotopic (exact) mass is 691 g/mol. The van der Waals surface area contributed by atoms with Gasteiger partial charge in [-0.25, -0.2) is 0 Å². The number of aryl methyl sites for hydroxylation is 1. The van der Waals surface area contributed by atoms with Crippen LogP contribution in [0.25, 0.3) is 6.08 Å². The molecule has 0 aliphatic carbocycles. The van der Waals surface area contributed by atoms with Crippen LogP contribution >= 0.6 is 46.0 Å². The number of rotatable bonds is 11. The number of hydrogen-bond acceptors (Lipinski definition) is 6. The second-order valence-electron chi connectivity index (χ2n) is 9.52. The number of amides is 2. The Morgan fingerprint density at radius 2 is 1.80 bits per heavy atom. The Kier molecular flexibility index (Phi) is 10.4. The van der Waals surface area contributed by atoms with Gasteiger partial charge in [-0.1, -0.05) is 55.8 Å². The van der Waals surface area contributed by atoms with Gasteiger partial charge in [0.05, 0.1) is 21.6 Å². The molecule has 0 saturated carbocycles. The minimum atomic E-state index is -0.334. The molecule has 0 aromatic heterocycles. The predicted octanol–water partition coefficient (Wildman–Crippen LogP) is 8.47. The highest BCUT2D eigenvalue weighted by atomic mass is 127. The summed E-state index contributed by atoms with van der Waals surface area (Å²) in [6.07, 6.45) is 1.71. The zero-order valence-electron chi connectivity index (χ0n) is 22.8. The molecule has 1 aliphatic heterocycles. The van der Waals surface area contributed by atoms with E-state index in [9.17, 15) is 9.59 Å². The van der Waals surface area contributed by atoms with Crippen molar-refractivity contribution < 1.29 is 23.8 Å². The van der Waals surface area contributed by atoms with Crippen molar-refractivity contribution in [3.8, 4) is 17.2 Å². The van der Waals surface area contributed by atoms with Gasteiger partial charge in [0.25, 0.3) is 11.1 Å². The molecule has 1 aliphatic rings. The van der Waals surface area contributed by atoms with Gasteiger partial charge in [0, 0.05) is 10.6 Å². The van der Waals surface area contributed by atoms with Gasteiger partial charge in [-0.2, -0.15) is 0 Å². The standard InChI is InChI=1S/C31H31ClINO5S/c1-5-37-27-16-21(15-25(33)29(27)39-18-22-8-6-7-9-24(22)32)17-28-30(35)34(31(36)40-28)12-13-38-26-14-20(4)10-11-23(26)19(2)3/h6-11,14-17,19H,5,12-13,18H2,1-4H3/b28-17-. The van der Waals surface area contributed by atoms with Crippen molar-refractivity contribution in [1.82, 2.24) is 4.90 Å². The Morgan fingerprint density at radius 3 is 2.52 bits per heavy atom. The van der Waals surface area contributed by atoms with E-state index < -0.39 is 0 Å². The van der Waals surface area contributed by atoms with Crippen LogP contribution in [0.4, 0.5) is 4.79 Å². The van der Waals surface area contributed by atoms with Crippen LogP contribution in [0.5, 0.6) is 17.2 Å². The van der Waals surface area contributed by atoms with E-state index in [1.54, 1.807) is 6.08 Å². The van der Waals surface area contributed by atoms with Gasteiger partial charge in [-0.3, -0.25) is 14.5 Å². The van der Waals surface area contributed by atoms with E-state index in [1.165, 1.54) is 4.90 Å². The molecule has 3 aromatic rings. The summed E-state index contributed by atoms with van der Waals surface area (Å²) in [4.78, 5) is 27.4. The molecule has 3 aromatic carbocycles. The van der Waals surface area contributed by atoms with Crippen LogP contribution in [0.3, 0.4) is 0 Å². The highest BCUT2D eigenvalue weighted by Crippen LogP contribution is 2.38. The maximum Gasteiger partial charge on any atom is 0.293 e. The molecule has 0 radical (unpaired) electrons. The number of ether oxygens (including phenoxy) is 3. The van der Waals surface area contributed by atoms with Gasteiger partial charge in [-0.05, 0) is 101 Å². The maximum absolute atomic E-state index is 13.1. The van der Waals surface area contributed by atoms with Crippen LogP contribution in [0.15, 0.2) is 59.5 Å². The summed E-state index contributed by atoms with van der Waals surface area (Å²) in [7, 11) is 0. The Balaban J connectivity index is 1.47. The van der Waals surface area contributed by atoms with Gasteiger partial charge in [0.2, 0.25) is 0 Å². The minimum absolute atomic E-state index is 0.171. The normalized spacial score (nSPS) is 14.4. The third-order valence-electron chi connectivity index (χ3n) is 6.20. The molecule has 0 spiro atoms. The molecule has 40 heavy (non-hydrogen) atoms. The van der Waals surface area contributed by atoms with Crippen molar-refractivity contribution in [2.24, 2.45) is 0 Å². The third-order valence-corrected chi connectivity index (χ3v) is 8.27. The fourth-order valence-electron chi connectivity index (χ4n) is 4.17. The molecule has 6 nitrogen and oxygen atoms in total. The van der Waals surface area contributed by atoms with Gasteiger partial charge >= 0.3 is 0 Å². The molecule has 1 heterocycles. The van der Waals surface area contributed by atoms with Gasteiger partial charge < -0.3 is 14.2 Å². The Labute approximate surface area is 258 Å². The van der Waals surface area contributed by atoms with E-state index in [4.69, 9.17) is 25.8 Å². The van der Waals surface area contributed by atoms with Crippen LogP contribution in [0, 0.1) is 10.5 Å². The number of nitrogens with zero attached hydrogens (tertiary/aromatic N) is 1. The lowest BCUT2D eigenvalue weighted by molar-refractivity contribution is -0.123. The molecule has 0 unspecified atom stereocenters. The fraction of sp³-hybridized carbons (Fsp3) is 0.290. The smallest absolute Gasteiger partial charge is 0.293 e. The molecular weight excluding hydrogens is 661 g/mol. The van der Waals surface area contributed by atoms with E-state index in [1.807, 2.05) is 56.3 Å². The van der Waals surface area contributed by atoms with Crippen molar-refractivity contribution in [1.29, 1.82) is 0 Å². The zero-order chi connectivity index (χ0) is 28.8. The lowest BCUT2D eigenvalue weighted by Crippen LogP contribution is -2.32. The van der Waals surface area contributed by atoms with Crippen LogP contribution < -0.4 is 14.2 Å². The predicted molar refractivity (Wildman–Crippen MR) is 170 cm³/mol. The van der Waals surface area contributed by atoms with Crippen molar-refractivity contribution in [3.05, 3.63) is 90.3 Å². The first-order chi connectivity index (χ1) is 19.2. The van der Waals surface area contributed by atoms with Gasteiger partial charge in [0.15, 0.2) is 11.5 Å². The minimum Gasteiger partial charge on any atom is -0.491 e. The average molecular weight is 692 g/mol. The van der Waals surface area contributed by atoms with Crippen LogP contribution in [0.1, 0.15) is 48.9 Å². The molecule has 210 valence electrons. The molecule has 1 saturated heterocycles. The number of halogens is 2. The van der Waals surface area contributed by atoms with Crippen LogP contribution in [-0.2, 0) is 11.4 Å². The summed E-state index contributed by atoms with van der Waals surface area (Å²) in [5.41, 5.74) is 3.79. The van der Waals surface area contributed by atoms with Crippen molar-refractivity contribution in [3.63, 3.8) is 0 Å². The summed E-state index contributed by atoms with van der Waals surface area (Å²) in [6, 6.07) is 17.3. The molecule has 1 fully saturated rings. The molecule has 9 heteroatoms. The topological polar surface area (TPSA) is 65.1 Å². The number of thioether (sulfide) groups is 1. The number of carbonyl (C=O) groups excluding carboxylic acids is 2. The van der Waals surface area contributed by atoms with Crippen LogP contribution in [-0.4, -0.2) is 35.8 Å². The lowest BCUT2D eigenvalue weighted by Gasteiger charge is -2.17. The Morgan fingerprint density at radius 1 is 1.02 bits per heavy atom. The van der Waals surface area contributed by atoms with E-state index >= 15 is 0 Å². The number of imide groups is 1. The second kappa shape index (κ2) is 13.8. The molecule has 2 amide bonds. The fourth-order valence-corrected chi connectivity index (χ4v) is 6.01. The summed E-state index contributed by atoms with van der Waals surface area (Å²) < 4.78 is 18.8. The summed E-state index contributed by atoms with van der Waals surface area (Å²) in [5, 5.41) is 0.319. The number of hydrogen-bond donors (Lipinski definition) is 0. The number of benzene rings is 3. The lowest BCUT2D eigenvalue weighted by atomic mass is 10.0. The van der Waals surface area contributed by atoms with Crippen molar-refractivity contribution in [2.75, 3.05) is 19.8 Å². The van der Waals surface area contributed by atoms with Gasteiger partial charge in [-0.15, -0.1) is 0 Å². The highest BCUT2D eigenvalue weighted by molar-refractivity contribution is 14.1. The van der Waals surface area contributed by atoms with Crippen LogP contribution in [0.2, 0.25) is 5.02 Å². The van der Waals surface area contributed by atoms with E-state index in [2.05, 4.69) is 48.6 Å². The molecule has 0 N–H and O–H groups in total. The Hall–Kier alpha value is -2.69. The highest BCUT2D eigenvalue weighted by Gasteiger charge is 2.35. The van der Waals surface area contributed by atoms with E-state index in [-0.39, 0.29) is 30.9 Å². The third kappa shape index (κ3) is 7.33. The van der Waals surface area contributed by atoms with Crippen molar-refractivity contribution >= 4 is 63.2 Å². The first-order valence-corrected chi connectivity index (χ1v) is 15.3. The molecule has 0 atom stereocenters. The Bertz CT molecular complexity index is 1440. The zero-order valence-corrected chi connectivity index (χ0v) is 26.6. The average Bonchev–Trinajstić information content (AvgIpc) is 3.16. The largest absolute Gasteiger partial charge is 0.491 e. The first-order valence-electron chi connectivity index (χ1n) is 13.0. The summed E-state index contributed by atoms with van der Waals surface area (Å²) in [5.74, 6) is 1.90. The first kappa shape index (κ1) is 30.3. The second-order valence-corrected chi connectivity index (χ2v) is 12.1. The van der Waals surface area contributed by atoms with Crippen molar-refractivity contribution in [2.45, 2.75) is 40.2 Å². The summed E-state index contributed by atoms with van der Waals surface area (Å²) >= 11 is 9.39. The molecule has 0 bridgehead atoms. The summed E-state index contributed by atoms with van der Waals surface area (Å²) in [6.45, 7) is 9.24. The molecule has 4 rings (SSSR count). The molecular formula is C31H31ClINO5S. The number of carbonyl (C=O) groups is 2. The SMILES string of the molecule is CCOc1cc(/C=C2\SC(=O)N(CCOc3cc(C)ccc3C(C)C)C2=O)cc(I)c1OCc1ccccc1Cl. The maximum atomic E-state index is 13.1. The van der Waals surface area contributed by atoms with E-state index in [0.29, 0.717) is 34.0 Å². The van der Waals surface area contributed by atoms with E-state index in [0.717, 1.165) is 43.3 Å². The quantitative estimate of drug-likeness (QED) is 0.149.